The van der Waals surface area contributed by atoms with Gasteiger partial charge in [0, 0.05) is 13.6 Å². The minimum absolute atomic E-state index is 0.194. The Morgan fingerprint density at radius 3 is 2.50 bits per heavy atom. The Morgan fingerprint density at radius 2 is 2.04 bits per heavy atom. The topological polar surface area (TPSA) is 76.7 Å². The van der Waals surface area contributed by atoms with Gasteiger partial charge in [0.15, 0.2) is 0 Å². The molecule has 1 aromatic rings. The lowest BCUT2D eigenvalue weighted by Gasteiger charge is -2.01. The average molecular weight is 347 g/mol. The molecule has 0 fully saturated rings. The highest BCUT2D eigenvalue weighted by Gasteiger charge is 2.04. The molecule has 6 heteroatoms. The van der Waals surface area contributed by atoms with Crippen molar-refractivity contribution in [1.29, 1.82) is 0 Å². The van der Waals surface area contributed by atoms with Crippen molar-refractivity contribution in [2.45, 2.75) is 6.54 Å². The van der Waals surface area contributed by atoms with E-state index in [0.717, 1.165) is 11.3 Å². The van der Waals surface area contributed by atoms with Crippen molar-refractivity contribution >= 4 is 23.4 Å². The van der Waals surface area contributed by atoms with Crippen LogP contribution in [0, 0.1) is 0 Å². The summed E-state index contributed by atoms with van der Waals surface area (Å²) in [5.74, 6) is 1.18. The van der Waals surface area contributed by atoms with Gasteiger partial charge in [0.1, 0.15) is 11.5 Å². The van der Waals surface area contributed by atoms with E-state index in [1.54, 1.807) is 37.8 Å². The lowest BCUT2D eigenvalue weighted by atomic mass is 10.2. The molecule has 0 aliphatic carbocycles. The van der Waals surface area contributed by atoms with Crippen LogP contribution in [0.3, 0.4) is 0 Å². The Kier molecular flexibility index (Phi) is 12.9. The van der Waals surface area contributed by atoms with Crippen LogP contribution >= 0.6 is 11.8 Å². The van der Waals surface area contributed by atoms with Crippen LogP contribution in [0.5, 0.6) is 5.75 Å². The van der Waals surface area contributed by atoms with E-state index < -0.39 is 0 Å². The second kappa shape index (κ2) is 14.3. The number of allylic oxidation sites excluding steroid dienone is 2. The van der Waals surface area contributed by atoms with Crippen LogP contribution in [0.4, 0.5) is 0 Å². The molecule has 0 spiro atoms. The van der Waals surface area contributed by atoms with E-state index in [-0.39, 0.29) is 5.91 Å². The van der Waals surface area contributed by atoms with Crippen LogP contribution in [-0.2, 0) is 11.3 Å². The summed E-state index contributed by atoms with van der Waals surface area (Å²) in [6.45, 7) is 7.62. The zero-order valence-corrected chi connectivity index (χ0v) is 15.0. The molecule has 1 amide bonds. The number of amides is 1. The third-order valence-corrected chi connectivity index (χ3v) is 3.24. The Morgan fingerprint density at radius 1 is 1.38 bits per heavy atom. The molecule has 0 aliphatic heterocycles. The summed E-state index contributed by atoms with van der Waals surface area (Å²) < 4.78 is 4.97. The zero-order chi connectivity index (χ0) is 18.2. The van der Waals surface area contributed by atoms with Crippen LogP contribution in [0.15, 0.2) is 66.1 Å². The van der Waals surface area contributed by atoms with Crippen molar-refractivity contribution < 1.29 is 9.53 Å². The van der Waals surface area contributed by atoms with Gasteiger partial charge in [-0.3, -0.25) is 9.79 Å². The number of rotatable bonds is 8. The van der Waals surface area contributed by atoms with Crippen molar-refractivity contribution in [3.8, 4) is 5.75 Å². The summed E-state index contributed by atoms with van der Waals surface area (Å²) in [6.07, 6.45) is 4.88. The van der Waals surface area contributed by atoms with Gasteiger partial charge in [0.25, 0.3) is 5.91 Å². The maximum Gasteiger partial charge on any atom is 0.270 e. The van der Waals surface area contributed by atoms with Crippen LogP contribution in [0.2, 0.25) is 0 Å². The molecule has 3 N–H and O–H groups in total. The number of hydrogen-bond acceptors (Lipinski definition) is 5. The van der Waals surface area contributed by atoms with Gasteiger partial charge in [-0.25, -0.2) is 0 Å². The second-order valence-corrected chi connectivity index (χ2v) is 5.19. The van der Waals surface area contributed by atoms with Gasteiger partial charge >= 0.3 is 0 Å². The summed E-state index contributed by atoms with van der Waals surface area (Å²) in [4.78, 5) is 15.2. The van der Waals surface area contributed by atoms with Gasteiger partial charge < -0.3 is 15.8 Å². The molecule has 0 saturated carbocycles. The molecule has 0 radical (unpaired) electrons. The van der Waals surface area contributed by atoms with E-state index in [4.69, 9.17) is 10.5 Å². The summed E-state index contributed by atoms with van der Waals surface area (Å²) in [5.41, 5.74) is 6.91. The summed E-state index contributed by atoms with van der Waals surface area (Å²) >= 11 is 1.42. The quantitative estimate of drug-likeness (QED) is 0.328. The summed E-state index contributed by atoms with van der Waals surface area (Å²) in [6, 6.07) is 7.72. The Hall–Kier alpha value is -2.31. The van der Waals surface area contributed by atoms with E-state index >= 15 is 0 Å². The van der Waals surface area contributed by atoms with Crippen molar-refractivity contribution in [3.63, 3.8) is 0 Å². The first-order valence-electron chi connectivity index (χ1n) is 7.22. The van der Waals surface area contributed by atoms with Gasteiger partial charge in [-0.2, -0.15) is 0 Å². The summed E-state index contributed by atoms with van der Waals surface area (Å²) in [7, 11) is 3.22. The summed E-state index contributed by atoms with van der Waals surface area (Å²) in [5, 5.41) is 4.35. The van der Waals surface area contributed by atoms with Gasteiger partial charge in [-0.1, -0.05) is 37.4 Å². The number of aliphatic imine (C=N–C) groups is 1. The fourth-order valence-electron chi connectivity index (χ4n) is 1.43. The predicted octanol–water partition coefficient (Wildman–Crippen LogP) is 2.90. The minimum atomic E-state index is -0.194. The molecule has 0 heterocycles. The third kappa shape index (κ3) is 9.66. The molecule has 130 valence electrons. The lowest BCUT2D eigenvalue weighted by Crippen LogP contribution is -2.29. The highest BCUT2D eigenvalue weighted by atomic mass is 32.2. The molecule has 1 rings (SSSR count). The van der Waals surface area contributed by atoms with Crippen molar-refractivity contribution in [3.05, 3.63) is 66.6 Å². The maximum atomic E-state index is 11.4. The average Bonchev–Trinajstić information content (AvgIpc) is 2.63. The first-order chi connectivity index (χ1) is 11.6. The minimum Gasteiger partial charge on any atom is -0.497 e. The number of nitrogens with one attached hydrogen (secondary N) is 1. The van der Waals surface area contributed by atoms with Gasteiger partial charge in [-0.15, -0.1) is 11.8 Å². The Labute approximate surface area is 148 Å². The van der Waals surface area contributed by atoms with Crippen molar-refractivity contribution in [1.82, 2.24) is 5.32 Å². The molecule has 0 atom stereocenters. The van der Waals surface area contributed by atoms with Crippen molar-refractivity contribution in [2.75, 3.05) is 20.0 Å². The molecular formula is C18H25N3O2S. The van der Waals surface area contributed by atoms with E-state index in [2.05, 4.69) is 23.5 Å². The fourth-order valence-corrected chi connectivity index (χ4v) is 1.76. The Bertz CT molecular complexity index is 543. The third-order valence-electron chi connectivity index (χ3n) is 2.69. The number of nitrogens with two attached hydrogens (primary N) is 1. The first kappa shape index (κ1) is 21.7. The maximum absolute atomic E-state index is 11.4. The molecule has 24 heavy (non-hydrogen) atoms. The molecule has 0 bridgehead atoms. The van der Waals surface area contributed by atoms with E-state index in [1.807, 2.05) is 24.3 Å². The normalized spacial score (nSPS) is 10.5. The smallest absolute Gasteiger partial charge is 0.270 e. The van der Waals surface area contributed by atoms with E-state index in [1.165, 1.54) is 11.8 Å². The zero-order valence-electron chi connectivity index (χ0n) is 14.2. The number of hydrogen-bond donors (Lipinski definition) is 2. The number of carbonyl (C=O) groups excluding carboxylic acids is 1. The van der Waals surface area contributed by atoms with E-state index in [9.17, 15) is 4.79 Å². The van der Waals surface area contributed by atoms with Gasteiger partial charge in [0.05, 0.1) is 13.0 Å². The number of ether oxygens (including phenoxy) is 1. The largest absolute Gasteiger partial charge is 0.497 e. The highest BCUT2D eigenvalue weighted by Crippen LogP contribution is 2.10. The Balaban J connectivity index is 0.000000463. The molecule has 0 aliphatic rings. The molecule has 0 saturated heterocycles. The molecule has 1 aromatic carbocycles. The SMILES string of the molecule is C=C/C=C\C(=NC)C(=O)NCSC=C.COc1ccc(CN)cc1. The van der Waals surface area contributed by atoms with E-state index in [0.29, 0.717) is 18.1 Å². The highest BCUT2D eigenvalue weighted by molar-refractivity contribution is 8.02. The monoisotopic (exact) mass is 347 g/mol. The first-order valence-corrected chi connectivity index (χ1v) is 8.27. The fraction of sp³-hybridized carbons (Fsp3) is 0.222. The standard InChI is InChI=1S/C10H14N2OS.C8H11NO/c1-4-6-7-9(11-3)10(13)12-8-14-5-2;1-10-8-4-2-7(6-9)3-5-8/h4-7H,1-2,8H2,3H3,(H,12,13);2-5H,6,9H2,1H3/b7-6-,11-9?;. The molecule has 0 unspecified atom stereocenters. The van der Waals surface area contributed by atoms with Crippen LogP contribution < -0.4 is 15.8 Å². The van der Waals surface area contributed by atoms with Crippen LogP contribution in [0.25, 0.3) is 0 Å². The molecular weight excluding hydrogens is 322 g/mol. The van der Waals surface area contributed by atoms with Gasteiger partial charge in [0.2, 0.25) is 0 Å². The van der Waals surface area contributed by atoms with Gasteiger partial charge in [-0.05, 0) is 29.2 Å². The van der Waals surface area contributed by atoms with Crippen molar-refractivity contribution in [2.24, 2.45) is 10.7 Å². The van der Waals surface area contributed by atoms with Crippen LogP contribution in [-0.4, -0.2) is 31.7 Å². The van der Waals surface area contributed by atoms with Crippen LogP contribution in [0.1, 0.15) is 5.56 Å². The number of methoxy groups -OCH3 is 1. The predicted molar refractivity (Wildman–Crippen MR) is 104 cm³/mol. The molecule has 0 aromatic heterocycles. The number of nitrogens with zero attached hydrogens (tertiary/aromatic N) is 1. The second-order valence-electron chi connectivity index (χ2n) is 4.24. The number of carbonyl (C=O) groups is 1. The number of thioether (sulfide) groups is 1. The lowest BCUT2D eigenvalue weighted by molar-refractivity contribution is -0.114. The number of benzene rings is 1. The molecule has 5 nitrogen and oxygen atoms in total.